The summed E-state index contributed by atoms with van der Waals surface area (Å²) in [5.41, 5.74) is 1.74. The minimum absolute atomic E-state index is 0.417. The summed E-state index contributed by atoms with van der Waals surface area (Å²) in [6.45, 7) is 0.417. The van der Waals surface area contributed by atoms with E-state index in [2.05, 4.69) is 21.2 Å². The van der Waals surface area contributed by atoms with Crippen molar-refractivity contribution in [2.24, 2.45) is 0 Å². The fourth-order valence-corrected chi connectivity index (χ4v) is 2.26. The molecule has 1 atom stereocenters. The average molecular weight is 357 g/mol. The van der Waals surface area contributed by atoms with E-state index in [-0.39, 0.29) is 0 Å². The molecule has 2 rings (SSSR count). The molecule has 0 aromatic heterocycles. The number of halogens is 2. The molecule has 2 aromatic carbocycles. The number of aliphatic hydroxyl groups is 1. The third-order valence-corrected chi connectivity index (χ3v) is 4.13. The van der Waals surface area contributed by atoms with Crippen molar-refractivity contribution in [1.29, 1.82) is 0 Å². The Hall–Kier alpha value is -1.23. The number of benzene rings is 2. The number of aliphatic hydroxyl groups excluding tert-OH is 1. The number of hydrogen-bond acceptors (Lipinski definition) is 3. The van der Waals surface area contributed by atoms with E-state index in [1.54, 1.807) is 13.2 Å². The smallest absolute Gasteiger partial charge is 0.118 e. The zero-order valence-electron chi connectivity index (χ0n) is 10.9. The molecule has 2 aromatic rings. The Bertz CT molecular complexity index is 575. The molecular weight excluding hydrogens is 342 g/mol. The molecule has 0 fully saturated rings. The van der Waals surface area contributed by atoms with Gasteiger partial charge in [-0.1, -0.05) is 23.7 Å². The Labute approximate surface area is 131 Å². The Kier molecular flexibility index (Phi) is 5.29. The van der Waals surface area contributed by atoms with Gasteiger partial charge in [0.05, 0.1) is 18.2 Å². The highest BCUT2D eigenvalue weighted by Crippen LogP contribution is 2.26. The van der Waals surface area contributed by atoms with E-state index < -0.39 is 6.10 Å². The molecule has 0 heterocycles. The van der Waals surface area contributed by atoms with Crippen molar-refractivity contribution >= 4 is 33.2 Å². The Morgan fingerprint density at radius 3 is 2.55 bits per heavy atom. The lowest BCUT2D eigenvalue weighted by Crippen LogP contribution is -2.12. The molecule has 0 aliphatic heterocycles. The summed E-state index contributed by atoms with van der Waals surface area (Å²) in [5, 5.41) is 14.0. The SMILES string of the molecule is COc1ccc(C(O)CNc2ccc(Cl)c(Br)c2)cc1. The van der Waals surface area contributed by atoms with Gasteiger partial charge in [0, 0.05) is 16.7 Å². The second-order valence-electron chi connectivity index (χ2n) is 4.30. The highest BCUT2D eigenvalue weighted by atomic mass is 79.9. The second kappa shape index (κ2) is 6.97. The normalized spacial score (nSPS) is 12.0. The second-order valence-corrected chi connectivity index (χ2v) is 5.56. The molecule has 0 spiro atoms. The molecular formula is C15H15BrClNO2. The van der Waals surface area contributed by atoms with Crippen LogP contribution in [0.5, 0.6) is 5.75 Å². The van der Waals surface area contributed by atoms with Crippen molar-refractivity contribution < 1.29 is 9.84 Å². The molecule has 106 valence electrons. The predicted molar refractivity (Wildman–Crippen MR) is 85.6 cm³/mol. The summed E-state index contributed by atoms with van der Waals surface area (Å²) in [4.78, 5) is 0. The summed E-state index contributed by atoms with van der Waals surface area (Å²) in [5.74, 6) is 0.774. The van der Waals surface area contributed by atoms with E-state index in [0.29, 0.717) is 11.6 Å². The highest BCUT2D eigenvalue weighted by molar-refractivity contribution is 9.10. The van der Waals surface area contributed by atoms with Crippen LogP contribution in [0.25, 0.3) is 0 Å². The largest absolute Gasteiger partial charge is 0.497 e. The molecule has 2 N–H and O–H groups in total. The van der Waals surface area contributed by atoms with E-state index in [1.165, 1.54) is 0 Å². The maximum absolute atomic E-state index is 10.1. The molecule has 0 radical (unpaired) electrons. The van der Waals surface area contributed by atoms with Crippen molar-refractivity contribution in [1.82, 2.24) is 0 Å². The summed E-state index contributed by atoms with van der Waals surface area (Å²) in [6, 6.07) is 12.9. The van der Waals surface area contributed by atoms with Crippen molar-refractivity contribution in [3.05, 3.63) is 57.5 Å². The highest BCUT2D eigenvalue weighted by Gasteiger charge is 2.08. The van der Waals surface area contributed by atoms with Gasteiger partial charge in [-0.15, -0.1) is 0 Å². The van der Waals surface area contributed by atoms with Crippen LogP contribution in [-0.2, 0) is 0 Å². The number of ether oxygens (including phenoxy) is 1. The third-order valence-electron chi connectivity index (χ3n) is 2.92. The molecule has 0 amide bonds. The fraction of sp³-hybridized carbons (Fsp3) is 0.200. The van der Waals surface area contributed by atoms with E-state index in [0.717, 1.165) is 21.5 Å². The molecule has 0 saturated carbocycles. The van der Waals surface area contributed by atoms with E-state index >= 15 is 0 Å². The summed E-state index contributed by atoms with van der Waals surface area (Å²) in [6.07, 6.45) is -0.588. The van der Waals surface area contributed by atoms with Gasteiger partial charge in [0.15, 0.2) is 0 Å². The van der Waals surface area contributed by atoms with Gasteiger partial charge in [-0.2, -0.15) is 0 Å². The Morgan fingerprint density at radius 1 is 1.25 bits per heavy atom. The van der Waals surface area contributed by atoms with Gasteiger partial charge in [-0.05, 0) is 51.8 Å². The van der Waals surface area contributed by atoms with Crippen molar-refractivity contribution in [2.75, 3.05) is 19.0 Å². The Balaban J connectivity index is 1.96. The fourth-order valence-electron chi connectivity index (χ4n) is 1.76. The first kappa shape index (κ1) is 15.2. The molecule has 20 heavy (non-hydrogen) atoms. The lowest BCUT2D eigenvalue weighted by molar-refractivity contribution is 0.191. The first-order valence-electron chi connectivity index (χ1n) is 6.11. The molecule has 0 saturated heterocycles. The number of rotatable bonds is 5. The maximum Gasteiger partial charge on any atom is 0.118 e. The van der Waals surface area contributed by atoms with Crippen LogP contribution < -0.4 is 10.1 Å². The molecule has 5 heteroatoms. The van der Waals surface area contributed by atoms with Gasteiger partial charge in [0.1, 0.15) is 5.75 Å². The van der Waals surface area contributed by atoms with Gasteiger partial charge in [0.25, 0.3) is 0 Å². The topological polar surface area (TPSA) is 41.5 Å². The van der Waals surface area contributed by atoms with Gasteiger partial charge < -0.3 is 15.2 Å². The van der Waals surface area contributed by atoms with Crippen molar-refractivity contribution in [2.45, 2.75) is 6.10 Å². The first-order valence-corrected chi connectivity index (χ1v) is 7.28. The van der Waals surface area contributed by atoms with Gasteiger partial charge in [-0.25, -0.2) is 0 Å². The maximum atomic E-state index is 10.1. The van der Waals surface area contributed by atoms with Gasteiger partial charge in [0.2, 0.25) is 0 Å². The third kappa shape index (κ3) is 3.88. The number of hydrogen-bond donors (Lipinski definition) is 2. The number of anilines is 1. The average Bonchev–Trinajstić information content (AvgIpc) is 2.48. The minimum atomic E-state index is -0.588. The van der Waals surface area contributed by atoms with Crippen LogP contribution in [0.2, 0.25) is 5.02 Å². The van der Waals surface area contributed by atoms with Crippen LogP contribution >= 0.6 is 27.5 Å². The quantitative estimate of drug-likeness (QED) is 0.841. The van der Waals surface area contributed by atoms with Crippen LogP contribution in [0.4, 0.5) is 5.69 Å². The predicted octanol–water partition coefficient (Wildman–Crippen LogP) is 4.26. The lowest BCUT2D eigenvalue weighted by atomic mass is 10.1. The molecule has 1 unspecified atom stereocenters. The molecule has 0 aliphatic rings. The molecule has 0 aliphatic carbocycles. The zero-order chi connectivity index (χ0) is 14.5. The first-order chi connectivity index (χ1) is 9.60. The summed E-state index contributed by atoms with van der Waals surface area (Å²) < 4.78 is 5.91. The number of nitrogens with one attached hydrogen (secondary N) is 1. The standard InChI is InChI=1S/C15H15BrClNO2/c1-20-12-5-2-10(3-6-12)15(19)9-18-11-4-7-14(17)13(16)8-11/h2-8,15,18-19H,9H2,1H3. The summed E-state index contributed by atoms with van der Waals surface area (Å²) >= 11 is 9.30. The Morgan fingerprint density at radius 2 is 1.95 bits per heavy atom. The van der Waals surface area contributed by atoms with Crippen LogP contribution in [0, 0.1) is 0 Å². The van der Waals surface area contributed by atoms with Crippen LogP contribution in [0.1, 0.15) is 11.7 Å². The number of methoxy groups -OCH3 is 1. The summed E-state index contributed by atoms with van der Waals surface area (Å²) in [7, 11) is 1.62. The van der Waals surface area contributed by atoms with Gasteiger partial charge in [-0.3, -0.25) is 0 Å². The van der Waals surface area contributed by atoms with E-state index in [4.69, 9.17) is 16.3 Å². The van der Waals surface area contributed by atoms with Gasteiger partial charge >= 0.3 is 0 Å². The zero-order valence-corrected chi connectivity index (χ0v) is 13.3. The monoisotopic (exact) mass is 355 g/mol. The molecule has 0 bridgehead atoms. The van der Waals surface area contributed by atoms with Crippen molar-refractivity contribution in [3.8, 4) is 5.75 Å². The molecule has 3 nitrogen and oxygen atoms in total. The van der Waals surface area contributed by atoms with E-state index in [9.17, 15) is 5.11 Å². The lowest BCUT2D eigenvalue weighted by Gasteiger charge is -2.14. The van der Waals surface area contributed by atoms with Crippen LogP contribution in [0.3, 0.4) is 0 Å². The van der Waals surface area contributed by atoms with Crippen LogP contribution in [-0.4, -0.2) is 18.8 Å². The minimum Gasteiger partial charge on any atom is -0.497 e. The van der Waals surface area contributed by atoms with E-state index in [1.807, 2.05) is 36.4 Å². The van der Waals surface area contributed by atoms with Crippen molar-refractivity contribution in [3.63, 3.8) is 0 Å². The van der Waals surface area contributed by atoms with Crippen LogP contribution in [0.15, 0.2) is 46.9 Å².